The third-order valence-electron chi connectivity index (χ3n) is 5.43. The molecule has 0 atom stereocenters. The SMILES string of the molecule is Cc1[nH]c(-c2c(Oc3ccc(F)c(F)c3C)ncc(C(F)(F)F)c2C)cc(=O)c1-c1ccncn1. The van der Waals surface area contributed by atoms with Crippen molar-refractivity contribution in [3.05, 3.63) is 87.2 Å². The van der Waals surface area contributed by atoms with Crippen molar-refractivity contribution in [2.45, 2.75) is 26.9 Å². The largest absolute Gasteiger partial charge is 0.438 e. The van der Waals surface area contributed by atoms with Gasteiger partial charge in [0, 0.05) is 29.7 Å². The number of rotatable bonds is 4. The van der Waals surface area contributed by atoms with Crippen molar-refractivity contribution >= 4 is 0 Å². The molecule has 35 heavy (non-hydrogen) atoms. The number of halogens is 5. The number of aryl methyl sites for hydroxylation is 1. The number of hydrogen-bond acceptors (Lipinski definition) is 5. The Balaban J connectivity index is 1.94. The van der Waals surface area contributed by atoms with Gasteiger partial charge in [-0.25, -0.2) is 23.7 Å². The van der Waals surface area contributed by atoms with E-state index in [4.69, 9.17) is 4.74 Å². The van der Waals surface area contributed by atoms with Gasteiger partial charge in [-0.3, -0.25) is 4.79 Å². The van der Waals surface area contributed by atoms with Gasteiger partial charge in [-0.05, 0) is 44.5 Å². The molecule has 4 rings (SSSR count). The maximum Gasteiger partial charge on any atom is 0.418 e. The lowest BCUT2D eigenvalue weighted by Gasteiger charge is -2.19. The molecule has 1 aromatic carbocycles. The molecule has 180 valence electrons. The lowest BCUT2D eigenvalue weighted by molar-refractivity contribution is -0.138. The summed E-state index contributed by atoms with van der Waals surface area (Å²) in [6.45, 7) is 4.03. The fourth-order valence-corrected chi connectivity index (χ4v) is 3.69. The monoisotopic (exact) mass is 488 g/mol. The molecule has 11 heteroatoms. The number of benzene rings is 1. The molecule has 6 nitrogen and oxygen atoms in total. The van der Waals surface area contributed by atoms with Crippen molar-refractivity contribution < 1.29 is 26.7 Å². The molecule has 0 bridgehead atoms. The first-order chi connectivity index (χ1) is 16.5. The maximum absolute atomic E-state index is 14.0. The summed E-state index contributed by atoms with van der Waals surface area (Å²) in [6.07, 6.45) is -1.44. The molecule has 0 fully saturated rings. The van der Waals surface area contributed by atoms with Crippen LogP contribution in [0.25, 0.3) is 22.5 Å². The number of nitrogens with zero attached hydrogens (tertiary/aromatic N) is 3. The van der Waals surface area contributed by atoms with Crippen LogP contribution in [-0.4, -0.2) is 19.9 Å². The number of ether oxygens (including phenoxy) is 1. The zero-order valence-electron chi connectivity index (χ0n) is 18.6. The Labute approximate surface area is 195 Å². The van der Waals surface area contributed by atoms with Gasteiger partial charge in [0.25, 0.3) is 0 Å². The second-order valence-electron chi connectivity index (χ2n) is 7.70. The summed E-state index contributed by atoms with van der Waals surface area (Å²) in [5, 5.41) is 0. The molecule has 0 saturated heterocycles. The molecule has 0 unspecified atom stereocenters. The van der Waals surface area contributed by atoms with Gasteiger partial charge in [0.1, 0.15) is 12.1 Å². The first-order valence-electron chi connectivity index (χ1n) is 10.2. The number of alkyl halides is 3. The Hall–Kier alpha value is -4.15. The molecular formula is C24H17F5N4O2. The van der Waals surface area contributed by atoms with E-state index < -0.39 is 28.8 Å². The molecule has 0 aliphatic rings. The molecule has 0 aliphatic carbocycles. The smallest absolute Gasteiger partial charge is 0.418 e. The highest BCUT2D eigenvalue weighted by molar-refractivity contribution is 5.73. The van der Waals surface area contributed by atoms with Crippen molar-refractivity contribution in [3.8, 4) is 34.1 Å². The van der Waals surface area contributed by atoms with Gasteiger partial charge >= 0.3 is 6.18 Å². The Morgan fingerprint density at radius 1 is 0.971 bits per heavy atom. The number of aromatic amines is 1. The average molecular weight is 488 g/mol. The predicted molar refractivity (Wildman–Crippen MR) is 117 cm³/mol. The minimum absolute atomic E-state index is 0.00311. The fraction of sp³-hybridized carbons (Fsp3) is 0.167. The second kappa shape index (κ2) is 8.90. The van der Waals surface area contributed by atoms with Gasteiger partial charge < -0.3 is 9.72 Å². The summed E-state index contributed by atoms with van der Waals surface area (Å²) in [5.41, 5.74) is -1.30. The first-order valence-corrected chi connectivity index (χ1v) is 10.2. The van der Waals surface area contributed by atoms with E-state index in [1.165, 1.54) is 32.4 Å². The van der Waals surface area contributed by atoms with Crippen LogP contribution in [0.2, 0.25) is 0 Å². The van der Waals surface area contributed by atoms with Crippen LogP contribution >= 0.6 is 0 Å². The molecule has 4 aromatic rings. The molecule has 0 spiro atoms. The molecular weight excluding hydrogens is 471 g/mol. The van der Waals surface area contributed by atoms with Crippen molar-refractivity contribution in [3.63, 3.8) is 0 Å². The topological polar surface area (TPSA) is 80.8 Å². The molecule has 0 aliphatic heterocycles. The normalized spacial score (nSPS) is 11.5. The van der Waals surface area contributed by atoms with E-state index in [1.54, 1.807) is 6.92 Å². The maximum atomic E-state index is 14.0. The van der Waals surface area contributed by atoms with E-state index in [2.05, 4.69) is 19.9 Å². The molecule has 0 saturated carbocycles. The minimum atomic E-state index is -4.74. The van der Waals surface area contributed by atoms with Crippen molar-refractivity contribution in [2.75, 3.05) is 0 Å². The van der Waals surface area contributed by atoms with Crippen molar-refractivity contribution in [1.29, 1.82) is 0 Å². The fourth-order valence-electron chi connectivity index (χ4n) is 3.69. The summed E-state index contributed by atoms with van der Waals surface area (Å²) in [7, 11) is 0. The predicted octanol–water partition coefficient (Wildman–Crippen LogP) is 5.91. The minimum Gasteiger partial charge on any atom is -0.438 e. The van der Waals surface area contributed by atoms with E-state index >= 15 is 0 Å². The highest BCUT2D eigenvalue weighted by Crippen LogP contribution is 2.41. The van der Waals surface area contributed by atoms with Gasteiger partial charge in [-0.15, -0.1) is 0 Å². The molecule has 0 radical (unpaired) electrons. The lowest BCUT2D eigenvalue weighted by atomic mass is 10.00. The number of aromatic nitrogens is 4. The molecule has 3 heterocycles. The first kappa shape index (κ1) is 24.0. The number of pyridine rings is 2. The van der Waals surface area contributed by atoms with Crippen molar-refractivity contribution in [2.24, 2.45) is 0 Å². The third kappa shape index (κ3) is 4.48. The highest BCUT2D eigenvalue weighted by Gasteiger charge is 2.35. The molecule has 1 N–H and O–H groups in total. The van der Waals surface area contributed by atoms with Crippen LogP contribution in [0.4, 0.5) is 22.0 Å². The Kier molecular flexibility index (Phi) is 6.10. The molecule has 3 aromatic heterocycles. The van der Waals surface area contributed by atoms with Gasteiger partial charge in [-0.1, -0.05) is 0 Å². The zero-order valence-corrected chi connectivity index (χ0v) is 18.6. The molecule has 0 amide bonds. The Morgan fingerprint density at radius 2 is 1.71 bits per heavy atom. The number of nitrogens with one attached hydrogen (secondary N) is 1. The Bertz CT molecular complexity index is 1480. The lowest BCUT2D eigenvalue weighted by Crippen LogP contribution is -2.13. The highest BCUT2D eigenvalue weighted by atomic mass is 19.4. The van der Waals surface area contributed by atoms with Gasteiger partial charge in [0.05, 0.1) is 28.1 Å². The van der Waals surface area contributed by atoms with Crippen LogP contribution in [0.1, 0.15) is 22.4 Å². The second-order valence-corrected chi connectivity index (χ2v) is 7.70. The zero-order chi connectivity index (χ0) is 25.5. The van der Waals surface area contributed by atoms with E-state index in [1.807, 2.05) is 0 Å². The third-order valence-corrected chi connectivity index (χ3v) is 5.43. The summed E-state index contributed by atoms with van der Waals surface area (Å²) in [6, 6.07) is 4.60. The van der Waals surface area contributed by atoms with E-state index in [9.17, 15) is 26.7 Å². The van der Waals surface area contributed by atoms with Crippen LogP contribution in [-0.2, 0) is 6.18 Å². The van der Waals surface area contributed by atoms with Crippen LogP contribution < -0.4 is 10.2 Å². The summed E-state index contributed by atoms with van der Waals surface area (Å²) in [4.78, 5) is 27.6. The summed E-state index contributed by atoms with van der Waals surface area (Å²) >= 11 is 0. The van der Waals surface area contributed by atoms with Gasteiger partial charge in [-0.2, -0.15) is 13.2 Å². The van der Waals surface area contributed by atoms with Crippen LogP contribution in [0, 0.1) is 32.4 Å². The van der Waals surface area contributed by atoms with Crippen LogP contribution in [0.3, 0.4) is 0 Å². The summed E-state index contributed by atoms with van der Waals surface area (Å²) < 4.78 is 74.2. The Morgan fingerprint density at radius 3 is 2.34 bits per heavy atom. The van der Waals surface area contributed by atoms with E-state index in [-0.39, 0.29) is 39.6 Å². The van der Waals surface area contributed by atoms with Crippen molar-refractivity contribution in [1.82, 2.24) is 19.9 Å². The summed E-state index contributed by atoms with van der Waals surface area (Å²) in [5.74, 6) is -2.74. The average Bonchev–Trinajstić information content (AvgIpc) is 2.79. The standard InChI is InChI=1S/C24H17F5N4O2/c1-11-14(24(27,28)29)9-31-23(35-19-5-4-15(25)22(26)12(19)2)20(11)17-8-18(34)21(13(3)33-17)16-6-7-30-10-32-16/h4-10H,1-3H3,(H,33,34). The van der Waals surface area contributed by atoms with Gasteiger partial charge in [0.15, 0.2) is 17.1 Å². The van der Waals surface area contributed by atoms with Crippen LogP contribution in [0.5, 0.6) is 11.6 Å². The quantitative estimate of drug-likeness (QED) is 0.362. The van der Waals surface area contributed by atoms with E-state index in [0.717, 1.165) is 18.2 Å². The van der Waals surface area contributed by atoms with Crippen LogP contribution in [0.15, 0.2) is 47.8 Å². The number of H-pyrrole nitrogens is 1. The van der Waals surface area contributed by atoms with E-state index in [0.29, 0.717) is 17.6 Å². The van der Waals surface area contributed by atoms with Gasteiger partial charge in [0.2, 0.25) is 5.88 Å². The number of hydrogen-bond donors (Lipinski definition) is 1.